The summed E-state index contributed by atoms with van der Waals surface area (Å²) in [6.07, 6.45) is 6.07. The van der Waals surface area contributed by atoms with Crippen LogP contribution >= 0.6 is 0 Å². The van der Waals surface area contributed by atoms with Crippen molar-refractivity contribution in [2.45, 2.75) is 19.3 Å². The molecule has 0 saturated heterocycles. The van der Waals surface area contributed by atoms with Crippen molar-refractivity contribution in [1.29, 1.82) is 0 Å². The molecule has 10 nitrogen and oxygen atoms in total. The fourth-order valence-corrected chi connectivity index (χ4v) is 3.50. The van der Waals surface area contributed by atoms with Gasteiger partial charge in [-0.1, -0.05) is 0 Å². The zero-order valence-electron chi connectivity index (χ0n) is 16.6. The van der Waals surface area contributed by atoms with Gasteiger partial charge in [-0.25, -0.2) is 9.97 Å². The summed E-state index contributed by atoms with van der Waals surface area (Å²) in [6, 6.07) is 7.57. The van der Waals surface area contributed by atoms with Crippen molar-refractivity contribution >= 4 is 23.4 Å². The molecule has 30 heavy (non-hydrogen) atoms. The third kappa shape index (κ3) is 3.25. The molecule has 152 valence electrons. The number of nitrogens with one attached hydrogen (secondary N) is 1. The molecule has 1 aliphatic carbocycles. The molecule has 0 aromatic carbocycles. The molecule has 0 amide bonds. The van der Waals surface area contributed by atoms with Gasteiger partial charge in [0.25, 0.3) is 0 Å². The zero-order chi connectivity index (χ0) is 20.7. The Bertz CT molecular complexity index is 1230. The molecule has 1 aliphatic rings. The van der Waals surface area contributed by atoms with Crippen molar-refractivity contribution in [3.05, 3.63) is 48.7 Å². The lowest BCUT2D eigenvalue weighted by Gasteiger charge is -2.07. The lowest BCUT2D eigenvalue weighted by atomic mass is 10.2. The van der Waals surface area contributed by atoms with Gasteiger partial charge in [0, 0.05) is 37.0 Å². The summed E-state index contributed by atoms with van der Waals surface area (Å²) in [4.78, 5) is 20.8. The Balaban J connectivity index is 1.39. The fourth-order valence-electron chi connectivity index (χ4n) is 3.50. The third-order valence-electron chi connectivity index (χ3n) is 5.16. The van der Waals surface area contributed by atoms with Gasteiger partial charge in [-0.15, -0.1) is 10.2 Å². The Morgan fingerprint density at radius 2 is 2.17 bits per heavy atom. The number of fused-ring (bicyclic) bond motifs is 1. The summed E-state index contributed by atoms with van der Waals surface area (Å²) < 4.78 is 8.75. The van der Waals surface area contributed by atoms with Crippen molar-refractivity contribution in [1.82, 2.24) is 34.3 Å². The second kappa shape index (κ2) is 7.21. The summed E-state index contributed by atoms with van der Waals surface area (Å²) in [5.41, 5.74) is 2.36. The molecule has 4 heterocycles. The average Bonchev–Trinajstić information content (AvgIpc) is 3.28. The normalized spacial score (nSPS) is 17.8. The highest BCUT2D eigenvalue weighted by Gasteiger charge is 2.48. The quantitative estimate of drug-likeness (QED) is 0.487. The van der Waals surface area contributed by atoms with E-state index in [-0.39, 0.29) is 17.8 Å². The van der Waals surface area contributed by atoms with Gasteiger partial charge in [0.2, 0.25) is 5.95 Å². The molecule has 0 radical (unpaired) electrons. The predicted molar refractivity (Wildman–Crippen MR) is 108 cm³/mol. The number of ether oxygens (including phenoxy) is 1. The second-order valence-electron chi connectivity index (χ2n) is 7.13. The molecule has 0 bridgehead atoms. The molecule has 0 spiro atoms. The Hall–Kier alpha value is -3.82. The van der Waals surface area contributed by atoms with Gasteiger partial charge in [-0.3, -0.25) is 13.9 Å². The van der Waals surface area contributed by atoms with Gasteiger partial charge in [0.1, 0.15) is 11.6 Å². The highest BCUT2D eigenvalue weighted by Crippen LogP contribution is 2.47. The van der Waals surface area contributed by atoms with Crippen molar-refractivity contribution in [3.63, 3.8) is 0 Å². The monoisotopic (exact) mass is 404 g/mol. The predicted octanol–water partition coefficient (Wildman–Crippen LogP) is 2.33. The number of rotatable bonds is 6. The van der Waals surface area contributed by atoms with Gasteiger partial charge in [0.15, 0.2) is 5.65 Å². The highest BCUT2D eigenvalue weighted by molar-refractivity contribution is 5.77. The molecule has 1 N–H and O–H groups in total. The summed E-state index contributed by atoms with van der Waals surface area (Å²) in [7, 11) is 1.84. The molecule has 0 aliphatic heterocycles. The zero-order valence-corrected chi connectivity index (χ0v) is 16.6. The van der Waals surface area contributed by atoms with Gasteiger partial charge in [-0.05, 0) is 31.5 Å². The first kappa shape index (κ1) is 18.2. The number of aromatic nitrogens is 7. The van der Waals surface area contributed by atoms with Gasteiger partial charge < -0.3 is 10.1 Å². The molecule has 1 saturated carbocycles. The van der Waals surface area contributed by atoms with E-state index >= 15 is 0 Å². The molecule has 2 atom stereocenters. The van der Waals surface area contributed by atoms with Crippen molar-refractivity contribution in [3.8, 4) is 11.3 Å². The Labute approximate surface area is 171 Å². The summed E-state index contributed by atoms with van der Waals surface area (Å²) >= 11 is 0. The minimum absolute atomic E-state index is 0.0543. The first-order valence-corrected chi connectivity index (χ1v) is 9.74. The number of carbonyl (C=O) groups is 1. The molecule has 4 aromatic heterocycles. The fraction of sp³-hybridized carbons (Fsp3) is 0.300. The van der Waals surface area contributed by atoms with Crippen molar-refractivity contribution in [2.24, 2.45) is 13.0 Å². The standard InChI is InChI=1S/C20H20N8O2/c1-3-30-19(29)14-11-13(14)18-26-25-17-10-12(6-9-28(17)18)15-4-7-21-20(23-15)24-16-5-8-22-27(16)2/h4-10,13-14H,3,11H2,1-2H3,(H,21,23,24)/t13-,14?/m1/s1. The van der Waals surface area contributed by atoms with Gasteiger partial charge in [0.05, 0.1) is 24.4 Å². The van der Waals surface area contributed by atoms with E-state index in [2.05, 4.69) is 30.6 Å². The second-order valence-corrected chi connectivity index (χ2v) is 7.13. The lowest BCUT2D eigenvalue weighted by molar-refractivity contribution is -0.144. The Morgan fingerprint density at radius 3 is 2.97 bits per heavy atom. The number of nitrogens with zero attached hydrogens (tertiary/aromatic N) is 7. The van der Waals surface area contributed by atoms with Crippen molar-refractivity contribution in [2.75, 3.05) is 11.9 Å². The molecule has 4 aromatic rings. The van der Waals surface area contributed by atoms with Crippen LogP contribution in [0.25, 0.3) is 16.9 Å². The lowest BCUT2D eigenvalue weighted by Crippen LogP contribution is -2.08. The van der Waals surface area contributed by atoms with E-state index in [1.807, 2.05) is 48.8 Å². The van der Waals surface area contributed by atoms with Gasteiger partial charge in [-0.2, -0.15) is 5.10 Å². The van der Waals surface area contributed by atoms with E-state index in [0.29, 0.717) is 18.2 Å². The largest absolute Gasteiger partial charge is 0.466 e. The van der Waals surface area contributed by atoms with Crippen LogP contribution in [-0.2, 0) is 16.6 Å². The molecule has 1 fully saturated rings. The number of carbonyl (C=O) groups excluding carboxylic acids is 1. The topological polar surface area (TPSA) is 112 Å². The van der Waals surface area contributed by atoms with Crippen LogP contribution in [0.5, 0.6) is 0 Å². The minimum Gasteiger partial charge on any atom is -0.466 e. The van der Waals surface area contributed by atoms with Crippen LogP contribution < -0.4 is 5.32 Å². The van der Waals surface area contributed by atoms with Crippen LogP contribution in [0.3, 0.4) is 0 Å². The maximum Gasteiger partial charge on any atom is 0.309 e. The maximum absolute atomic E-state index is 11.9. The molecular weight excluding hydrogens is 384 g/mol. The van der Waals surface area contributed by atoms with Crippen LogP contribution in [0.4, 0.5) is 11.8 Å². The smallest absolute Gasteiger partial charge is 0.309 e. The van der Waals surface area contributed by atoms with E-state index in [0.717, 1.165) is 29.3 Å². The van der Waals surface area contributed by atoms with Gasteiger partial charge >= 0.3 is 5.97 Å². The minimum atomic E-state index is -0.162. The third-order valence-corrected chi connectivity index (χ3v) is 5.16. The van der Waals surface area contributed by atoms with Crippen LogP contribution in [0.2, 0.25) is 0 Å². The summed E-state index contributed by atoms with van der Waals surface area (Å²) in [5.74, 6) is 1.83. The Morgan fingerprint density at radius 1 is 1.27 bits per heavy atom. The van der Waals surface area contributed by atoms with E-state index in [9.17, 15) is 4.79 Å². The van der Waals surface area contributed by atoms with E-state index in [1.165, 1.54) is 0 Å². The molecule has 1 unspecified atom stereocenters. The molecule has 10 heteroatoms. The number of esters is 1. The molecular formula is C20H20N8O2. The summed E-state index contributed by atoms with van der Waals surface area (Å²) in [5, 5.41) is 15.9. The van der Waals surface area contributed by atoms with Crippen LogP contribution in [0.15, 0.2) is 42.9 Å². The van der Waals surface area contributed by atoms with E-state index in [1.54, 1.807) is 17.1 Å². The number of anilines is 2. The number of pyridine rings is 1. The summed E-state index contributed by atoms with van der Waals surface area (Å²) in [6.45, 7) is 2.20. The molecule has 5 rings (SSSR count). The van der Waals surface area contributed by atoms with Crippen LogP contribution in [0.1, 0.15) is 25.1 Å². The number of hydrogen-bond donors (Lipinski definition) is 1. The van der Waals surface area contributed by atoms with Crippen LogP contribution in [-0.4, -0.2) is 46.9 Å². The van der Waals surface area contributed by atoms with Crippen LogP contribution in [0, 0.1) is 5.92 Å². The van der Waals surface area contributed by atoms with E-state index in [4.69, 9.17) is 4.74 Å². The number of hydrogen-bond acceptors (Lipinski definition) is 8. The van der Waals surface area contributed by atoms with E-state index < -0.39 is 0 Å². The Kier molecular flexibility index (Phi) is 4.38. The first-order chi connectivity index (χ1) is 14.6. The highest BCUT2D eigenvalue weighted by atomic mass is 16.5. The maximum atomic E-state index is 11.9. The first-order valence-electron chi connectivity index (χ1n) is 9.74. The number of aryl methyl sites for hydroxylation is 1. The van der Waals surface area contributed by atoms with Crippen molar-refractivity contribution < 1.29 is 9.53 Å². The SMILES string of the molecule is CCOC(=O)C1C[C@H]1c1nnc2cc(-c3ccnc(Nc4ccnn4C)n3)ccn12. The average molecular weight is 404 g/mol.